The summed E-state index contributed by atoms with van der Waals surface area (Å²) in [5.74, 6) is 0.634. The van der Waals surface area contributed by atoms with Gasteiger partial charge in [0.15, 0.2) is 7.98 Å². The van der Waals surface area contributed by atoms with Crippen LogP contribution in [0.1, 0.15) is 24.3 Å². The molecule has 0 aliphatic carbocycles. The molecule has 31 heavy (non-hydrogen) atoms. The number of nitrogens with zero attached hydrogens (tertiary/aromatic N) is 1. The van der Waals surface area contributed by atoms with Crippen molar-refractivity contribution in [3.8, 4) is 33.4 Å². The molecule has 0 aromatic heterocycles. The summed E-state index contributed by atoms with van der Waals surface area (Å²) in [5.41, 5.74) is 8.95. The predicted octanol–water partition coefficient (Wildman–Crippen LogP) is 6.95. The first-order valence-electron chi connectivity index (χ1n) is 11.1. The van der Waals surface area contributed by atoms with Crippen LogP contribution >= 0.6 is 0 Å². The first-order chi connectivity index (χ1) is 15.3. The van der Waals surface area contributed by atoms with E-state index in [1.165, 1.54) is 38.9 Å². The topological polar surface area (TPSA) is 3.24 Å². The van der Waals surface area contributed by atoms with Crippen LogP contribution in [-0.2, 0) is 0 Å². The normalized spacial score (nSPS) is 15.1. The first-order valence-corrected chi connectivity index (χ1v) is 11.1. The van der Waals surface area contributed by atoms with Gasteiger partial charge in [-0.05, 0) is 70.8 Å². The number of rotatable bonds is 4. The van der Waals surface area contributed by atoms with Gasteiger partial charge >= 0.3 is 0 Å². The monoisotopic (exact) mass is 399 g/mol. The number of piperidine rings is 1. The smallest absolute Gasteiger partial charge is 0.182 e. The molecule has 2 heteroatoms. The van der Waals surface area contributed by atoms with Gasteiger partial charge in [0.05, 0.1) is 0 Å². The lowest BCUT2D eigenvalue weighted by atomic mass is 9.87. The van der Waals surface area contributed by atoms with E-state index in [4.69, 9.17) is 7.98 Å². The molecule has 1 nitrogen and oxygen atoms in total. The Labute approximate surface area is 186 Å². The van der Waals surface area contributed by atoms with Gasteiger partial charge in [0, 0.05) is 0 Å². The lowest BCUT2D eigenvalue weighted by Gasteiger charge is -2.29. The van der Waals surface area contributed by atoms with Gasteiger partial charge in [0.1, 0.15) is 0 Å². The number of hydrogen-bond donors (Lipinski definition) is 0. The molecule has 1 heterocycles. The molecule has 1 aliphatic rings. The molecule has 5 rings (SSSR count). The van der Waals surface area contributed by atoms with Crippen molar-refractivity contribution in [2.45, 2.75) is 18.8 Å². The van der Waals surface area contributed by atoms with Crippen LogP contribution in [0.5, 0.6) is 0 Å². The fraction of sp³-hybridized carbons (Fsp3) is 0.172. The fourth-order valence-corrected chi connectivity index (χ4v) is 4.52. The van der Waals surface area contributed by atoms with Crippen LogP contribution in [0.3, 0.4) is 0 Å². The second-order valence-corrected chi connectivity index (χ2v) is 8.45. The standard InChI is InChI=1S/C29H26BN/c30-31-20-18-29(19-21-31)28-16-14-27(15-17-28)26-12-10-25(11-13-26)24-8-6-23(7-9-24)22-4-2-1-3-5-22/h1-17,29H,18-21H2. The summed E-state index contributed by atoms with van der Waals surface area (Å²) in [4.78, 5) is 1.93. The highest BCUT2D eigenvalue weighted by Gasteiger charge is 2.17. The summed E-state index contributed by atoms with van der Waals surface area (Å²) < 4.78 is 0. The summed E-state index contributed by atoms with van der Waals surface area (Å²) in [6.07, 6.45) is 2.29. The first kappa shape index (κ1) is 19.8. The molecule has 0 spiro atoms. The maximum absolute atomic E-state index is 5.90. The van der Waals surface area contributed by atoms with Crippen LogP contribution in [0.15, 0.2) is 103 Å². The molecule has 1 saturated heterocycles. The van der Waals surface area contributed by atoms with E-state index in [0.29, 0.717) is 5.92 Å². The van der Waals surface area contributed by atoms with Crippen molar-refractivity contribution in [2.24, 2.45) is 0 Å². The molecular formula is C29H26BN. The van der Waals surface area contributed by atoms with E-state index in [0.717, 1.165) is 25.9 Å². The maximum Gasteiger partial charge on any atom is 0.182 e. The zero-order valence-electron chi connectivity index (χ0n) is 17.7. The third kappa shape index (κ3) is 4.50. The van der Waals surface area contributed by atoms with Gasteiger partial charge in [-0.3, -0.25) is 0 Å². The summed E-state index contributed by atoms with van der Waals surface area (Å²) >= 11 is 0. The van der Waals surface area contributed by atoms with Crippen LogP contribution in [-0.4, -0.2) is 25.9 Å². The predicted molar refractivity (Wildman–Crippen MR) is 132 cm³/mol. The SMILES string of the molecule is [B]N1CCC(c2ccc(-c3ccc(-c4ccc(-c5ccccc5)cc4)cc3)cc2)CC1. The quantitative estimate of drug-likeness (QED) is 0.336. The van der Waals surface area contributed by atoms with Gasteiger partial charge < -0.3 is 4.81 Å². The van der Waals surface area contributed by atoms with Crippen LogP contribution in [0.25, 0.3) is 33.4 Å². The lowest BCUT2D eigenvalue weighted by Crippen LogP contribution is -2.30. The van der Waals surface area contributed by atoms with Crippen LogP contribution in [0.2, 0.25) is 0 Å². The van der Waals surface area contributed by atoms with Crippen molar-refractivity contribution < 1.29 is 0 Å². The Morgan fingerprint density at radius 2 is 0.839 bits per heavy atom. The number of benzene rings is 4. The van der Waals surface area contributed by atoms with Gasteiger partial charge in [0.2, 0.25) is 0 Å². The van der Waals surface area contributed by atoms with Gasteiger partial charge in [-0.2, -0.15) is 0 Å². The summed E-state index contributed by atoms with van der Waals surface area (Å²) in [6, 6.07) is 37.3. The molecule has 0 N–H and O–H groups in total. The molecule has 4 aromatic carbocycles. The van der Waals surface area contributed by atoms with Crippen LogP contribution < -0.4 is 0 Å². The second kappa shape index (κ2) is 8.95. The van der Waals surface area contributed by atoms with E-state index in [-0.39, 0.29) is 0 Å². The zero-order chi connectivity index (χ0) is 21.0. The van der Waals surface area contributed by atoms with Crippen LogP contribution in [0.4, 0.5) is 0 Å². The Kier molecular flexibility index (Phi) is 5.73. The lowest BCUT2D eigenvalue weighted by molar-refractivity contribution is 0.335. The van der Waals surface area contributed by atoms with Crippen molar-refractivity contribution in [2.75, 3.05) is 13.1 Å². The van der Waals surface area contributed by atoms with E-state index in [1.807, 2.05) is 4.81 Å². The van der Waals surface area contributed by atoms with E-state index in [1.54, 1.807) is 0 Å². The van der Waals surface area contributed by atoms with E-state index in [2.05, 4.69) is 103 Å². The highest BCUT2D eigenvalue weighted by atomic mass is 15.0. The largest absolute Gasteiger partial charge is 0.353 e. The summed E-state index contributed by atoms with van der Waals surface area (Å²) in [7, 11) is 5.90. The Balaban J connectivity index is 1.30. The number of hydrogen-bond acceptors (Lipinski definition) is 1. The van der Waals surface area contributed by atoms with E-state index >= 15 is 0 Å². The van der Waals surface area contributed by atoms with Crippen molar-refractivity contribution in [1.82, 2.24) is 4.81 Å². The third-order valence-electron chi connectivity index (χ3n) is 6.46. The molecule has 150 valence electrons. The Hall–Kier alpha value is -3.10. The van der Waals surface area contributed by atoms with Crippen molar-refractivity contribution in [1.29, 1.82) is 0 Å². The minimum Gasteiger partial charge on any atom is -0.353 e. The molecule has 4 aromatic rings. The third-order valence-corrected chi connectivity index (χ3v) is 6.46. The molecule has 0 amide bonds. The molecular weight excluding hydrogens is 373 g/mol. The minimum atomic E-state index is 0.634. The van der Waals surface area contributed by atoms with Gasteiger partial charge in [-0.15, -0.1) is 0 Å². The summed E-state index contributed by atoms with van der Waals surface area (Å²) in [5, 5.41) is 0. The Morgan fingerprint density at radius 1 is 0.484 bits per heavy atom. The molecule has 0 saturated carbocycles. The molecule has 2 radical (unpaired) electrons. The Bertz CT molecular complexity index is 1110. The minimum absolute atomic E-state index is 0.634. The molecule has 1 fully saturated rings. The summed E-state index contributed by atoms with van der Waals surface area (Å²) in [6.45, 7) is 1.97. The molecule has 0 unspecified atom stereocenters. The van der Waals surface area contributed by atoms with E-state index in [9.17, 15) is 0 Å². The van der Waals surface area contributed by atoms with E-state index < -0.39 is 0 Å². The molecule has 0 bridgehead atoms. The highest BCUT2D eigenvalue weighted by Crippen LogP contribution is 2.31. The van der Waals surface area contributed by atoms with Crippen molar-refractivity contribution in [3.63, 3.8) is 0 Å². The van der Waals surface area contributed by atoms with Crippen molar-refractivity contribution in [3.05, 3.63) is 109 Å². The maximum atomic E-state index is 5.90. The fourth-order valence-electron chi connectivity index (χ4n) is 4.52. The average Bonchev–Trinajstić information content (AvgIpc) is 2.85. The highest BCUT2D eigenvalue weighted by molar-refractivity contribution is 6.04. The van der Waals surface area contributed by atoms with Gasteiger partial charge in [-0.1, -0.05) is 103 Å². The van der Waals surface area contributed by atoms with Gasteiger partial charge in [-0.25, -0.2) is 0 Å². The Morgan fingerprint density at radius 3 is 1.26 bits per heavy atom. The zero-order valence-corrected chi connectivity index (χ0v) is 17.7. The van der Waals surface area contributed by atoms with Crippen LogP contribution in [0, 0.1) is 0 Å². The second-order valence-electron chi connectivity index (χ2n) is 8.45. The van der Waals surface area contributed by atoms with Crippen molar-refractivity contribution >= 4 is 7.98 Å². The van der Waals surface area contributed by atoms with Gasteiger partial charge in [0.25, 0.3) is 0 Å². The molecule has 0 atom stereocenters. The molecule has 1 aliphatic heterocycles. The average molecular weight is 399 g/mol.